The second kappa shape index (κ2) is 5.98. The molecule has 0 saturated carbocycles. The van der Waals surface area contributed by atoms with E-state index in [1.165, 1.54) is 11.1 Å². The summed E-state index contributed by atoms with van der Waals surface area (Å²) in [6.07, 6.45) is 4.99. The summed E-state index contributed by atoms with van der Waals surface area (Å²) in [5.41, 5.74) is 2.58. The summed E-state index contributed by atoms with van der Waals surface area (Å²) in [6, 6.07) is 8.39. The first kappa shape index (κ1) is 12.3. The molecule has 0 unspecified atom stereocenters. The fraction of sp³-hybridized carbons (Fsp3) is 0.308. The lowest BCUT2D eigenvalue weighted by Gasteiger charge is -2.04. The average Bonchev–Trinajstić information content (AvgIpc) is 2.73. The summed E-state index contributed by atoms with van der Waals surface area (Å²) >= 11 is 3.43. The molecule has 0 amide bonds. The summed E-state index contributed by atoms with van der Waals surface area (Å²) in [4.78, 5) is 0. The normalized spacial score (nSPS) is 10.7. The maximum Gasteiger partial charge on any atom is 0.0522 e. The van der Waals surface area contributed by atoms with Crippen molar-refractivity contribution in [2.45, 2.75) is 13.0 Å². The number of nitrogens with zero attached hydrogens (tertiary/aromatic N) is 2. The fourth-order valence-corrected chi connectivity index (χ4v) is 1.93. The third-order valence-electron chi connectivity index (χ3n) is 2.59. The molecule has 2 rings (SSSR count). The molecular weight excluding hydrogens is 278 g/mol. The quantitative estimate of drug-likeness (QED) is 0.859. The van der Waals surface area contributed by atoms with E-state index in [0.29, 0.717) is 0 Å². The molecular formula is C13H16BrN3. The van der Waals surface area contributed by atoms with Crippen molar-refractivity contribution in [3.8, 4) is 0 Å². The van der Waals surface area contributed by atoms with E-state index in [9.17, 15) is 0 Å². The highest BCUT2D eigenvalue weighted by molar-refractivity contribution is 9.10. The van der Waals surface area contributed by atoms with Gasteiger partial charge >= 0.3 is 0 Å². The van der Waals surface area contributed by atoms with E-state index in [1.54, 1.807) is 0 Å². The first-order chi connectivity index (χ1) is 8.24. The zero-order chi connectivity index (χ0) is 12.1. The molecule has 1 aromatic heterocycles. The highest BCUT2D eigenvalue weighted by atomic mass is 79.9. The van der Waals surface area contributed by atoms with Gasteiger partial charge in [-0.25, -0.2) is 0 Å². The number of hydrogen-bond donors (Lipinski definition) is 1. The summed E-state index contributed by atoms with van der Waals surface area (Å²) in [5, 5.41) is 7.57. The lowest BCUT2D eigenvalue weighted by molar-refractivity contribution is 0.686. The predicted octanol–water partition coefficient (Wildman–Crippen LogP) is 2.51. The van der Waals surface area contributed by atoms with E-state index >= 15 is 0 Å². The van der Waals surface area contributed by atoms with Crippen LogP contribution in [0.25, 0.3) is 0 Å². The highest BCUT2D eigenvalue weighted by Gasteiger charge is 1.96. The fourth-order valence-electron chi connectivity index (χ4n) is 1.67. The van der Waals surface area contributed by atoms with E-state index < -0.39 is 0 Å². The minimum absolute atomic E-state index is 0.910. The molecule has 0 spiro atoms. The molecule has 0 atom stereocenters. The summed E-state index contributed by atoms with van der Waals surface area (Å²) in [6.45, 7) is 1.88. The minimum Gasteiger partial charge on any atom is -0.312 e. The first-order valence-corrected chi connectivity index (χ1v) is 6.46. The van der Waals surface area contributed by atoms with Gasteiger partial charge in [-0.3, -0.25) is 4.68 Å². The van der Waals surface area contributed by atoms with E-state index in [4.69, 9.17) is 0 Å². The Balaban J connectivity index is 1.71. The van der Waals surface area contributed by atoms with Gasteiger partial charge in [0, 0.05) is 24.3 Å². The third-order valence-corrected chi connectivity index (χ3v) is 3.12. The van der Waals surface area contributed by atoms with Gasteiger partial charge in [0.25, 0.3) is 0 Å². The van der Waals surface area contributed by atoms with E-state index in [1.807, 2.05) is 17.9 Å². The van der Waals surface area contributed by atoms with Gasteiger partial charge in [-0.1, -0.05) is 28.1 Å². The van der Waals surface area contributed by atoms with Crippen LogP contribution in [0, 0.1) is 0 Å². The van der Waals surface area contributed by atoms with Crippen molar-refractivity contribution in [2.75, 3.05) is 6.54 Å². The number of nitrogens with one attached hydrogen (secondary N) is 1. The van der Waals surface area contributed by atoms with Crippen molar-refractivity contribution in [1.29, 1.82) is 0 Å². The van der Waals surface area contributed by atoms with Crippen molar-refractivity contribution < 1.29 is 0 Å². The van der Waals surface area contributed by atoms with Crippen LogP contribution in [0.4, 0.5) is 0 Å². The molecule has 2 aromatic rings. The topological polar surface area (TPSA) is 29.9 Å². The molecule has 1 aromatic carbocycles. The number of halogens is 1. The first-order valence-electron chi connectivity index (χ1n) is 5.67. The minimum atomic E-state index is 0.910. The lowest BCUT2D eigenvalue weighted by atomic mass is 10.2. The second-order valence-electron chi connectivity index (χ2n) is 4.08. The van der Waals surface area contributed by atoms with Crippen LogP contribution in [-0.4, -0.2) is 16.3 Å². The van der Waals surface area contributed by atoms with Gasteiger partial charge in [0.1, 0.15) is 0 Å². The zero-order valence-electron chi connectivity index (χ0n) is 9.86. The van der Waals surface area contributed by atoms with Crippen molar-refractivity contribution >= 4 is 15.9 Å². The van der Waals surface area contributed by atoms with Crippen LogP contribution >= 0.6 is 15.9 Å². The summed E-state index contributed by atoms with van der Waals surface area (Å²) in [5.74, 6) is 0. The average molecular weight is 294 g/mol. The number of benzene rings is 1. The number of rotatable bonds is 5. The Morgan fingerprint density at radius 2 is 2.00 bits per heavy atom. The largest absolute Gasteiger partial charge is 0.312 e. The third kappa shape index (κ3) is 3.98. The molecule has 1 N–H and O–H groups in total. The zero-order valence-corrected chi connectivity index (χ0v) is 11.4. The van der Waals surface area contributed by atoms with E-state index in [0.717, 1.165) is 24.0 Å². The molecule has 0 aliphatic rings. The van der Waals surface area contributed by atoms with Gasteiger partial charge in [0.05, 0.1) is 6.20 Å². The molecule has 0 aliphatic carbocycles. The van der Waals surface area contributed by atoms with Gasteiger partial charge in [-0.15, -0.1) is 0 Å². The molecule has 4 heteroatoms. The van der Waals surface area contributed by atoms with Crippen LogP contribution in [-0.2, 0) is 20.0 Å². The maximum absolute atomic E-state index is 4.15. The van der Waals surface area contributed by atoms with Crippen molar-refractivity contribution in [3.63, 3.8) is 0 Å². The molecule has 0 radical (unpaired) electrons. The van der Waals surface area contributed by atoms with Crippen LogP contribution in [0.15, 0.2) is 41.1 Å². The van der Waals surface area contributed by atoms with E-state index in [2.05, 4.69) is 56.8 Å². The Bertz CT molecular complexity index is 462. The van der Waals surface area contributed by atoms with Crippen LogP contribution in [0.2, 0.25) is 0 Å². The Labute approximate surface area is 110 Å². The molecule has 90 valence electrons. The van der Waals surface area contributed by atoms with Gasteiger partial charge in [-0.05, 0) is 36.2 Å². The standard InChI is InChI=1S/C13H16BrN3/c1-17-10-12(9-16-17)6-7-15-8-11-2-4-13(14)5-3-11/h2-5,9-10,15H,6-8H2,1H3. The predicted molar refractivity (Wildman–Crippen MR) is 72.8 cm³/mol. The maximum atomic E-state index is 4.15. The molecule has 1 heterocycles. The Morgan fingerprint density at radius 1 is 1.24 bits per heavy atom. The smallest absolute Gasteiger partial charge is 0.0522 e. The Morgan fingerprint density at radius 3 is 2.65 bits per heavy atom. The molecule has 0 bridgehead atoms. The number of hydrogen-bond acceptors (Lipinski definition) is 2. The molecule has 0 aliphatic heterocycles. The van der Waals surface area contributed by atoms with Crippen LogP contribution in [0.3, 0.4) is 0 Å². The van der Waals surface area contributed by atoms with Crippen molar-refractivity contribution in [2.24, 2.45) is 7.05 Å². The molecule has 0 saturated heterocycles. The van der Waals surface area contributed by atoms with Crippen LogP contribution < -0.4 is 5.32 Å². The van der Waals surface area contributed by atoms with E-state index in [-0.39, 0.29) is 0 Å². The van der Waals surface area contributed by atoms with Crippen LogP contribution in [0.5, 0.6) is 0 Å². The molecule has 3 nitrogen and oxygen atoms in total. The van der Waals surface area contributed by atoms with Gasteiger partial charge in [0.15, 0.2) is 0 Å². The summed E-state index contributed by atoms with van der Waals surface area (Å²) < 4.78 is 2.96. The molecule has 17 heavy (non-hydrogen) atoms. The Kier molecular flexibility index (Phi) is 4.34. The SMILES string of the molecule is Cn1cc(CCNCc2ccc(Br)cc2)cn1. The Hall–Kier alpha value is -1.13. The number of aromatic nitrogens is 2. The second-order valence-corrected chi connectivity index (χ2v) is 4.99. The van der Waals surface area contributed by atoms with Crippen LogP contribution in [0.1, 0.15) is 11.1 Å². The van der Waals surface area contributed by atoms with Gasteiger partial charge in [-0.2, -0.15) is 5.10 Å². The number of aryl methyl sites for hydroxylation is 1. The summed E-state index contributed by atoms with van der Waals surface area (Å²) in [7, 11) is 1.94. The monoisotopic (exact) mass is 293 g/mol. The van der Waals surface area contributed by atoms with Gasteiger partial charge < -0.3 is 5.32 Å². The molecule has 0 fully saturated rings. The lowest BCUT2D eigenvalue weighted by Crippen LogP contribution is -2.16. The van der Waals surface area contributed by atoms with Gasteiger partial charge in [0.2, 0.25) is 0 Å². The highest BCUT2D eigenvalue weighted by Crippen LogP contribution is 2.10. The van der Waals surface area contributed by atoms with Crippen molar-refractivity contribution in [1.82, 2.24) is 15.1 Å². The van der Waals surface area contributed by atoms with Crippen molar-refractivity contribution in [3.05, 3.63) is 52.3 Å².